The Morgan fingerprint density at radius 1 is 1.18 bits per heavy atom. The third-order valence-electron chi connectivity index (χ3n) is 6.19. The van der Waals surface area contributed by atoms with Crippen molar-refractivity contribution in [3.05, 3.63) is 48.2 Å². The Balaban J connectivity index is 1.52. The van der Waals surface area contributed by atoms with Gasteiger partial charge in [0.2, 0.25) is 12.2 Å². The third-order valence-corrected chi connectivity index (χ3v) is 6.19. The zero-order valence-corrected chi connectivity index (χ0v) is 22.7. The molecule has 1 fully saturated rings. The third kappa shape index (κ3) is 7.35. The minimum atomic E-state index is -0.828. The SMILES string of the molecule is COCCOc1nccc(-c2[nH]c(C3OCC(C)(C(=O)NCCCN(C)C)CO3)nc2-c2ccc(F)cc2)n1. The lowest BCUT2D eigenvalue weighted by molar-refractivity contribution is -0.231. The molecule has 1 amide bonds. The van der Waals surface area contributed by atoms with Crippen LogP contribution in [-0.2, 0) is 19.0 Å². The number of hydrogen-bond acceptors (Lipinski definition) is 9. The van der Waals surface area contributed by atoms with E-state index in [1.807, 2.05) is 21.0 Å². The monoisotopic (exact) mass is 542 g/mol. The molecule has 0 spiro atoms. The number of nitrogens with zero attached hydrogens (tertiary/aromatic N) is 4. The molecule has 0 unspecified atom stereocenters. The highest BCUT2D eigenvalue weighted by atomic mass is 19.1. The number of methoxy groups -OCH3 is 1. The van der Waals surface area contributed by atoms with Crippen molar-refractivity contribution >= 4 is 5.91 Å². The maximum absolute atomic E-state index is 13.6. The van der Waals surface area contributed by atoms with E-state index in [0.29, 0.717) is 48.2 Å². The van der Waals surface area contributed by atoms with E-state index in [1.54, 1.807) is 31.5 Å². The van der Waals surface area contributed by atoms with E-state index in [0.717, 1.165) is 13.0 Å². The van der Waals surface area contributed by atoms with E-state index in [9.17, 15) is 9.18 Å². The van der Waals surface area contributed by atoms with Crippen LogP contribution in [-0.4, -0.2) is 91.5 Å². The number of halogens is 1. The Bertz CT molecular complexity index is 1230. The van der Waals surface area contributed by atoms with Gasteiger partial charge in [-0.3, -0.25) is 4.79 Å². The van der Waals surface area contributed by atoms with Crippen molar-refractivity contribution < 1.29 is 28.1 Å². The summed E-state index contributed by atoms with van der Waals surface area (Å²) in [5.41, 5.74) is 1.46. The molecule has 1 aromatic carbocycles. The summed E-state index contributed by atoms with van der Waals surface area (Å²) >= 11 is 0. The van der Waals surface area contributed by atoms with Crippen LogP contribution in [0.15, 0.2) is 36.5 Å². The van der Waals surface area contributed by atoms with E-state index in [1.165, 1.54) is 12.1 Å². The van der Waals surface area contributed by atoms with E-state index in [-0.39, 0.29) is 30.9 Å². The van der Waals surface area contributed by atoms with E-state index in [2.05, 4.69) is 25.2 Å². The highest BCUT2D eigenvalue weighted by Gasteiger charge is 2.40. The fraction of sp³-hybridized carbons (Fsp3) is 0.481. The molecule has 0 aliphatic carbocycles. The number of carbonyl (C=O) groups excluding carboxylic acids is 1. The van der Waals surface area contributed by atoms with Crippen LogP contribution in [0.3, 0.4) is 0 Å². The summed E-state index contributed by atoms with van der Waals surface area (Å²) in [5.74, 6) is -0.0720. The quantitative estimate of drug-likeness (QED) is 0.333. The number of ether oxygens (including phenoxy) is 4. The van der Waals surface area contributed by atoms with Crippen LogP contribution in [0.5, 0.6) is 6.01 Å². The van der Waals surface area contributed by atoms with Gasteiger partial charge in [0.05, 0.1) is 42.3 Å². The molecule has 2 aromatic heterocycles. The Labute approximate surface area is 227 Å². The predicted molar refractivity (Wildman–Crippen MR) is 141 cm³/mol. The molecule has 3 heterocycles. The highest BCUT2D eigenvalue weighted by Crippen LogP contribution is 2.35. The Morgan fingerprint density at radius 2 is 1.92 bits per heavy atom. The van der Waals surface area contributed by atoms with Gasteiger partial charge in [-0.15, -0.1) is 0 Å². The van der Waals surface area contributed by atoms with Gasteiger partial charge in [-0.05, 0) is 64.3 Å². The summed E-state index contributed by atoms with van der Waals surface area (Å²) in [6.07, 6.45) is 1.60. The largest absolute Gasteiger partial charge is 0.461 e. The average molecular weight is 543 g/mol. The zero-order valence-electron chi connectivity index (χ0n) is 22.7. The fourth-order valence-electron chi connectivity index (χ4n) is 3.98. The highest BCUT2D eigenvalue weighted by molar-refractivity contribution is 5.82. The van der Waals surface area contributed by atoms with Crippen molar-refractivity contribution in [2.24, 2.45) is 5.41 Å². The number of amides is 1. The number of benzene rings is 1. The van der Waals surface area contributed by atoms with Crippen molar-refractivity contribution in [1.29, 1.82) is 0 Å². The van der Waals surface area contributed by atoms with Gasteiger partial charge in [0.1, 0.15) is 12.4 Å². The molecule has 0 radical (unpaired) electrons. The second-order valence-corrected chi connectivity index (χ2v) is 9.85. The lowest BCUT2D eigenvalue weighted by Crippen LogP contribution is -2.49. The van der Waals surface area contributed by atoms with Gasteiger partial charge >= 0.3 is 6.01 Å². The first-order chi connectivity index (χ1) is 18.8. The molecule has 0 bridgehead atoms. The molecular formula is C27H35FN6O5. The molecular weight excluding hydrogens is 507 g/mol. The van der Waals surface area contributed by atoms with Gasteiger partial charge < -0.3 is 34.1 Å². The lowest BCUT2D eigenvalue weighted by atomic mass is 9.91. The van der Waals surface area contributed by atoms with Crippen LogP contribution in [0.2, 0.25) is 0 Å². The molecule has 1 aliphatic rings. The normalized spacial score (nSPS) is 19.3. The topological polar surface area (TPSA) is 124 Å². The number of hydrogen-bond donors (Lipinski definition) is 2. The number of nitrogens with one attached hydrogen (secondary N) is 2. The lowest BCUT2D eigenvalue weighted by Gasteiger charge is -2.35. The summed E-state index contributed by atoms with van der Waals surface area (Å²) in [7, 11) is 5.57. The number of aromatic nitrogens is 4. The summed E-state index contributed by atoms with van der Waals surface area (Å²) < 4.78 is 36.2. The maximum atomic E-state index is 13.6. The Hall–Kier alpha value is -3.45. The predicted octanol–water partition coefficient (Wildman–Crippen LogP) is 2.82. The van der Waals surface area contributed by atoms with Gasteiger partial charge in [-0.1, -0.05) is 0 Å². The molecule has 210 valence electrons. The Kier molecular flexibility index (Phi) is 9.57. The second kappa shape index (κ2) is 13.1. The Morgan fingerprint density at radius 3 is 2.62 bits per heavy atom. The molecule has 39 heavy (non-hydrogen) atoms. The van der Waals surface area contributed by atoms with Gasteiger partial charge in [0.25, 0.3) is 0 Å². The van der Waals surface area contributed by atoms with Crippen molar-refractivity contribution in [3.63, 3.8) is 0 Å². The van der Waals surface area contributed by atoms with Gasteiger partial charge in [0.15, 0.2) is 5.82 Å². The van der Waals surface area contributed by atoms with Gasteiger partial charge in [0, 0.05) is 25.4 Å². The molecule has 11 nitrogen and oxygen atoms in total. The van der Waals surface area contributed by atoms with Crippen molar-refractivity contribution in [1.82, 2.24) is 30.2 Å². The molecule has 4 rings (SSSR count). The zero-order chi connectivity index (χ0) is 27.8. The average Bonchev–Trinajstić information content (AvgIpc) is 3.37. The summed E-state index contributed by atoms with van der Waals surface area (Å²) in [4.78, 5) is 31.5. The standard InChI is InChI=1S/C27H35FN6O5/c1-27(25(35)29-11-5-13-34(2)3)16-38-24(39-17-27)23-32-21(18-6-8-19(28)9-7-18)22(33-23)20-10-12-30-26(31-20)37-15-14-36-4/h6-10,12,24H,5,11,13-17H2,1-4H3,(H,29,35)(H,32,33). The first-order valence-corrected chi connectivity index (χ1v) is 12.8. The van der Waals surface area contributed by atoms with E-state index in [4.69, 9.17) is 23.9 Å². The van der Waals surface area contributed by atoms with Crippen LogP contribution < -0.4 is 10.1 Å². The van der Waals surface area contributed by atoms with Crippen molar-refractivity contribution in [3.8, 4) is 28.7 Å². The molecule has 2 N–H and O–H groups in total. The number of carbonyl (C=O) groups is 1. The molecule has 12 heteroatoms. The van der Waals surface area contributed by atoms with Crippen LogP contribution >= 0.6 is 0 Å². The first-order valence-electron chi connectivity index (χ1n) is 12.8. The molecule has 3 aromatic rings. The maximum Gasteiger partial charge on any atom is 0.317 e. The number of H-pyrrole nitrogens is 1. The summed E-state index contributed by atoms with van der Waals surface area (Å²) in [6, 6.07) is 7.90. The number of aromatic amines is 1. The summed E-state index contributed by atoms with van der Waals surface area (Å²) in [5, 5.41) is 2.97. The molecule has 1 aliphatic heterocycles. The van der Waals surface area contributed by atoms with Crippen LogP contribution in [0.1, 0.15) is 25.5 Å². The smallest absolute Gasteiger partial charge is 0.317 e. The first kappa shape index (κ1) is 28.6. The number of imidazole rings is 1. The van der Waals surface area contributed by atoms with Crippen LogP contribution in [0.25, 0.3) is 22.6 Å². The van der Waals surface area contributed by atoms with Gasteiger partial charge in [-0.25, -0.2) is 14.4 Å². The molecule has 1 saturated heterocycles. The van der Waals surface area contributed by atoms with Crippen LogP contribution in [0, 0.1) is 11.2 Å². The minimum absolute atomic E-state index is 0.117. The summed E-state index contributed by atoms with van der Waals surface area (Å²) in [6.45, 7) is 4.28. The van der Waals surface area contributed by atoms with Gasteiger partial charge in [-0.2, -0.15) is 4.98 Å². The minimum Gasteiger partial charge on any atom is -0.461 e. The van der Waals surface area contributed by atoms with Crippen LogP contribution in [0.4, 0.5) is 4.39 Å². The molecule has 0 saturated carbocycles. The van der Waals surface area contributed by atoms with E-state index < -0.39 is 11.7 Å². The number of rotatable bonds is 12. The second-order valence-electron chi connectivity index (χ2n) is 9.85. The van der Waals surface area contributed by atoms with Crippen molar-refractivity contribution in [2.45, 2.75) is 19.6 Å². The van der Waals surface area contributed by atoms with E-state index >= 15 is 0 Å². The fourth-order valence-corrected chi connectivity index (χ4v) is 3.98. The van der Waals surface area contributed by atoms with Crippen molar-refractivity contribution in [2.75, 3.05) is 60.7 Å². The molecule has 0 atom stereocenters.